The van der Waals surface area contributed by atoms with Crippen molar-refractivity contribution < 1.29 is 5.11 Å². The molecule has 0 spiro atoms. The largest absolute Gasteiger partial charge is 0.386 e. The summed E-state index contributed by atoms with van der Waals surface area (Å²) in [7, 11) is 0. The number of rotatable bonds is 5. The van der Waals surface area contributed by atoms with Crippen LogP contribution in [0.15, 0.2) is 36.9 Å². The lowest BCUT2D eigenvalue weighted by molar-refractivity contribution is -0.0619. The maximum absolute atomic E-state index is 11.1. The lowest BCUT2D eigenvalue weighted by atomic mass is 9.76. The van der Waals surface area contributed by atoms with Gasteiger partial charge in [0.05, 0.1) is 6.54 Å². The SMILES string of the molecule is CC(C)(C)C(O)(CNc1ccc(Cl)cc1)Cn1cncn1. The molecular formula is C15H21ClN4O. The number of nitrogens with zero attached hydrogens (tertiary/aromatic N) is 3. The topological polar surface area (TPSA) is 63.0 Å². The van der Waals surface area contributed by atoms with E-state index in [0.29, 0.717) is 18.1 Å². The van der Waals surface area contributed by atoms with Crippen LogP contribution in [0.2, 0.25) is 5.02 Å². The Morgan fingerprint density at radius 1 is 1.24 bits per heavy atom. The summed E-state index contributed by atoms with van der Waals surface area (Å²) in [6, 6.07) is 7.41. The van der Waals surface area contributed by atoms with Crippen molar-refractivity contribution in [3.8, 4) is 0 Å². The zero-order valence-corrected chi connectivity index (χ0v) is 13.3. The number of aliphatic hydroxyl groups is 1. The van der Waals surface area contributed by atoms with Gasteiger partial charge in [-0.1, -0.05) is 32.4 Å². The molecule has 1 aromatic heterocycles. The third kappa shape index (κ3) is 3.95. The van der Waals surface area contributed by atoms with Crippen LogP contribution in [0.4, 0.5) is 5.69 Å². The standard InChI is InChI=1S/C15H21ClN4O/c1-14(2,3)15(21,9-20-11-17-10-19-20)8-18-13-6-4-12(16)5-7-13/h4-7,10-11,18,21H,8-9H2,1-3H3. The minimum atomic E-state index is -0.972. The van der Waals surface area contributed by atoms with Gasteiger partial charge in [-0.3, -0.25) is 0 Å². The summed E-state index contributed by atoms with van der Waals surface area (Å²) in [6.45, 7) is 6.80. The number of aromatic nitrogens is 3. The molecule has 5 nitrogen and oxygen atoms in total. The predicted molar refractivity (Wildman–Crippen MR) is 84.4 cm³/mol. The van der Waals surface area contributed by atoms with Crippen molar-refractivity contribution in [3.63, 3.8) is 0 Å². The van der Waals surface area contributed by atoms with Gasteiger partial charge in [0.25, 0.3) is 0 Å². The van der Waals surface area contributed by atoms with Gasteiger partial charge in [0.1, 0.15) is 18.3 Å². The van der Waals surface area contributed by atoms with Crippen LogP contribution in [0.5, 0.6) is 0 Å². The van der Waals surface area contributed by atoms with Gasteiger partial charge in [-0.2, -0.15) is 5.10 Å². The van der Waals surface area contributed by atoms with Crippen molar-refractivity contribution in [3.05, 3.63) is 41.9 Å². The Hall–Kier alpha value is -1.59. The Kier molecular flexibility index (Phi) is 4.54. The molecule has 1 heterocycles. The van der Waals surface area contributed by atoms with Crippen LogP contribution in [0.25, 0.3) is 0 Å². The quantitative estimate of drug-likeness (QED) is 0.891. The average Bonchev–Trinajstić information content (AvgIpc) is 2.89. The average molecular weight is 309 g/mol. The van der Waals surface area contributed by atoms with E-state index in [2.05, 4.69) is 15.4 Å². The van der Waals surface area contributed by atoms with E-state index < -0.39 is 5.60 Å². The molecule has 0 aliphatic heterocycles. The summed E-state index contributed by atoms with van der Waals surface area (Å²) in [5, 5.41) is 19.1. The molecule has 6 heteroatoms. The van der Waals surface area contributed by atoms with Gasteiger partial charge in [0, 0.05) is 17.3 Å². The van der Waals surface area contributed by atoms with Crippen molar-refractivity contribution in [1.82, 2.24) is 14.8 Å². The number of anilines is 1. The predicted octanol–water partition coefficient (Wildman–Crippen LogP) is 2.82. The highest BCUT2D eigenvalue weighted by atomic mass is 35.5. The fourth-order valence-corrected chi connectivity index (χ4v) is 2.08. The zero-order chi connectivity index (χ0) is 15.5. The Labute approximate surface area is 130 Å². The molecule has 1 unspecified atom stereocenters. The van der Waals surface area contributed by atoms with Gasteiger partial charge in [-0.15, -0.1) is 0 Å². The van der Waals surface area contributed by atoms with Crippen LogP contribution in [0.3, 0.4) is 0 Å². The van der Waals surface area contributed by atoms with Gasteiger partial charge in [-0.05, 0) is 29.7 Å². The second-order valence-electron chi connectivity index (χ2n) is 6.24. The van der Waals surface area contributed by atoms with Gasteiger partial charge in [-0.25, -0.2) is 9.67 Å². The number of hydrogen-bond acceptors (Lipinski definition) is 4. The van der Waals surface area contributed by atoms with E-state index in [1.54, 1.807) is 11.0 Å². The van der Waals surface area contributed by atoms with E-state index in [4.69, 9.17) is 11.6 Å². The first-order valence-electron chi connectivity index (χ1n) is 6.84. The van der Waals surface area contributed by atoms with Gasteiger partial charge in [0.15, 0.2) is 0 Å². The highest BCUT2D eigenvalue weighted by molar-refractivity contribution is 6.30. The molecule has 2 aromatic rings. The summed E-state index contributed by atoms with van der Waals surface area (Å²) >= 11 is 5.87. The number of hydrogen-bond donors (Lipinski definition) is 2. The molecule has 0 amide bonds. The molecule has 0 fully saturated rings. The molecule has 0 aliphatic carbocycles. The molecule has 1 aromatic carbocycles. The normalized spacial score (nSPS) is 14.7. The summed E-state index contributed by atoms with van der Waals surface area (Å²) in [5.74, 6) is 0. The van der Waals surface area contributed by atoms with Crippen molar-refractivity contribution >= 4 is 17.3 Å². The number of nitrogens with one attached hydrogen (secondary N) is 1. The molecule has 0 aliphatic rings. The smallest absolute Gasteiger partial charge is 0.137 e. The van der Waals surface area contributed by atoms with Crippen molar-refractivity contribution in [2.45, 2.75) is 32.9 Å². The second-order valence-corrected chi connectivity index (χ2v) is 6.67. The van der Waals surface area contributed by atoms with E-state index in [-0.39, 0.29) is 5.41 Å². The molecule has 21 heavy (non-hydrogen) atoms. The monoisotopic (exact) mass is 308 g/mol. The van der Waals surface area contributed by atoms with Crippen LogP contribution in [-0.4, -0.2) is 32.0 Å². The van der Waals surface area contributed by atoms with Crippen LogP contribution in [0, 0.1) is 5.41 Å². The van der Waals surface area contributed by atoms with Gasteiger partial charge < -0.3 is 10.4 Å². The maximum atomic E-state index is 11.1. The van der Waals surface area contributed by atoms with Crippen LogP contribution < -0.4 is 5.32 Å². The molecule has 114 valence electrons. The highest BCUT2D eigenvalue weighted by Gasteiger charge is 2.40. The summed E-state index contributed by atoms with van der Waals surface area (Å²) < 4.78 is 1.65. The van der Waals surface area contributed by atoms with Crippen LogP contribution >= 0.6 is 11.6 Å². The third-order valence-corrected chi connectivity index (χ3v) is 3.97. The Morgan fingerprint density at radius 3 is 2.43 bits per heavy atom. The fourth-order valence-electron chi connectivity index (χ4n) is 1.96. The fraction of sp³-hybridized carbons (Fsp3) is 0.467. The Morgan fingerprint density at radius 2 is 1.90 bits per heavy atom. The first kappa shape index (κ1) is 15.8. The summed E-state index contributed by atoms with van der Waals surface area (Å²) in [4.78, 5) is 3.92. The highest BCUT2D eigenvalue weighted by Crippen LogP contribution is 2.32. The van der Waals surface area contributed by atoms with E-state index >= 15 is 0 Å². The maximum Gasteiger partial charge on any atom is 0.137 e. The molecule has 0 saturated heterocycles. The Balaban J connectivity index is 2.11. The first-order valence-corrected chi connectivity index (χ1v) is 7.22. The van der Waals surface area contributed by atoms with E-state index in [9.17, 15) is 5.11 Å². The molecule has 0 saturated carbocycles. The zero-order valence-electron chi connectivity index (χ0n) is 12.5. The van der Waals surface area contributed by atoms with Crippen LogP contribution in [0.1, 0.15) is 20.8 Å². The van der Waals surface area contributed by atoms with E-state index in [1.807, 2.05) is 45.0 Å². The Bertz CT molecular complexity index is 562. The third-order valence-electron chi connectivity index (χ3n) is 3.72. The lowest BCUT2D eigenvalue weighted by Crippen LogP contribution is -2.51. The van der Waals surface area contributed by atoms with Crippen molar-refractivity contribution in [2.75, 3.05) is 11.9 Å². The number of halogens is 1. The van der Waals surface area contributed by atoms with Gasteiger partial charge >= 0.3 is 0 Å². The molecule has 2 rings (SSSR count). The molecule has 0 bridgehead atoms. The van der Waals surface area contributed by atoms with Crippen molar-refractivity contribution in [2.24, 2.45) is 5.41 Å². The minimum Gasteiger partial charge on any atom is -0.386 e. The summed E-state index contributed by atoms with van der Waals surface area (Å²) in [6.07, 6.45) is 3.08. The lowest BCUT2D eigenvalue weighted by Gasteiger charge is -2.40. The second kappa shape index (κ2) is 6.03. The molecular weight excluding hydrogens is 288 g/mol. The first-order chi connectivity index (χ1) is 9.80. The van der Waals surface area contributed by atoms with E-state index in [1.165, 1.54) is 6.33 Å². The van der Waals surface area contributed by atoms with Gasteiger partial charge in [0.2, 0.25) is 0 Å². The minimum absolute atomic E-state index is 0.321. The van der Waals surface area contributed by atoms with E-state index in [0.717, 1.165) is 5.69 Å². The molecule has 0 radical (unpaired) electrons. The van der Waals surface area contributed by atoms with Crippen molar-refractivity contribution in [1.29, 1.82) is 0 Å². The molecule has 1 atom stereocenters. The van der Waals surface area contributed by atoms with Crippen LogP contribution in [-0.2, 0) is 6.54 Å². The summed E-state index contributed by atoms with van der Waals surface area (Å²) in [5.41, 5.74) is -0.376. The number of benzene rings is 1. The molecule has 2 N–H and O–H groups in total.